The molecule has 1 aliphatic carbocycles. The fourth-order valence-electron chi connectivity index (χ4n) is 3.20. The molecule has 0 spiro atoms. The molecule has 0 heterocycles. The van der Waals surface area contributed by atoms with Crippen molar-refractivity contribution in [1.82, 2.24) is 0 Å². The van der Waals surface area contributed by atoms with E-state index in [4.69, 9.17) is 23.2 Å². The van der Waals surface area contributed by atoms with Crippen LogP contribution in [0.25, 0.3) is 0 Å². The zero-order valence-corrected chi connectivity index (χ0v) is 16.2. The summed E-state index contributed by atoms with van der Waals surface area (Å²) in [5.74, 6) is 0. The first-order valence-corrected chi connectivity index (χ1v) is 11.1. The number of hydrogen-bond donors (Lipinski definition) is 2. The van der Waals surface area contributed by atoms with Gasteiger partial charge in [0, 0.05) is 11.1 Å². The van der Waals surface area contributed by atoms with E-state index in [9.17, 15) is 35.5 Å². The Morgan fingerprint density at radius 1 is 0.885 bits per heavy atom. The Kier molecular flexibility index (Phi) is 6.16. The molecule has 0 aromatic heterocycles. The predicted octanol–water partition coefficient (Wildman–Crippen LogP) is 2.88. The topological polar surface area (TPSA) is 143 Å². The van der Waals surface area contributed by atoms with Crippen LogP contribution in [0.3, 0.4) is 0 Å². The fraction of sp³-hybridized carbons (Fsp3) is 0.429. The SMILES string of the molecule is O=C(Cl)c1ccc2c(C(=O)Cl)c1C(S(=O)(=O)O)CCCCC2S(=O)(=O)O. The summed E-state index contributed by atoms with van der Waals surface area (Å²) in [5, 5.41) is -5.59. The molecule has 2 bridgehead atoms. The highest BCUT2D eigenvalue weighted by atomic mass is 35.5. The van der Waals surface area contributed by atoms with Gasteiger partial charge in [-0.2, -0.15) is 16.8 Å². The summed E-state index contributed by atoms with van der Waals surface area (Å²) in [6.45, 7) is 0. The van der Waals surface area contributed by atoms with E-state index in [2.05, 4.69) is 0 Å². The quantitative estimate of drug-likeness (QED) is 0.532. The zero-order chi connectivity index (χ0) is 19.9. The van der Waals surface area contributed by atoms with Crippen LogP contribution in [-0.4, -0.2) is 36.4 Å². The maximum Gasteiger partial charge on any atom is 0.272 e. The van der Waals surface area contributed by atoms with Crippen LogP contribution in [0.15, 0.2) is 12.1 Å². The molecule has 0 amide bonds. The smallest absolute Gasteiger partial charge is 0.272 e. The molecule has 1 aliphatic rings. The normalized spacial score (nSPS) is 21.4. The van der Waals surface area contributed by atoms with E-state index in [1.54, 1.807) is 0 Å². The Hall–Kier alpha value is -1.04. The molecule has 1 aromatic rings. The third kappa shape index (κ3) is 4.26. The molecule has 26 heavy (non-hydrogen) atoms. The maximum atomic E-state index is 12.0. The molecule has 0 fully saturated rings. The van der Waals surface area contributed by atoms with Gasteiger partial charge in [0.25, 0.3) is 30.7 Å². The van der Waals surface area contributed by atoms with Crippen LogP contribution in [0.2, 0.25) is 0 Å². The number of carbonyl (C=O) groups excluding carboxylic acids is 2. The van der Waals surface area contributed by atoms with Crippen LogP contribution in [0.1, 0.15) is 68.0 Å². The standard InChI is InChI=1S/C14H14Cl2O8S2/c15-13(17)8-6-5-7-9(25(19,20)21)3-1-2-4-10(26(22,23)24)11(8)12(7)14(16)18/h5-6,9-10H,1-4H2,(H,19,20,21)(H,22,23,24). The first-order chi connectivity index (χ1) is 11.9. The van der Waals surface area contributed by atoms with Gasteiger partial charge >= 0.3 is 0 Å². The highest BCUT2D eigenvalue weighted by molar-refractivity contribution is 7.86. The van der Waals surface area contributed by atoms with Crippen LogP contribution in [0.4, 0.5) is 0 Å². The Bertz CT molecular complexity index is 969. The number of benzene rings is 1. The number of halogens is 2. The van der Waals surface area contributed by atoms with Crippen LogP contribution >= 0.6 is 23.2 Å². The summed E-state index contributed by atoms with van der Waals surface area (Å²) in [6, 6.07) is 2.13. The third-order valence-corrected chi connectivity index (χ3v) is 7.05. The number of carbonyl (C=O) groups is 2. The number of hydrogen-bond acceptors (Lipinski definition) is 6. The van der Waals surface area contributed by atoms with E-state index >= 15 is 0 Å². The molecular formula is C14H14Cl2O8S2. The molecular weight excluding hydrogens is 431 g/mol. The highest BCUT2D eigenvalue weighted by Crippen LogP contribution is 2.42. The Balaban J connectivity index is 3.01. The summed E-state index contributed by atoms with van der Waals surface area (Å²) in [6.07, 6.45) is 0.00635. The van der Waals surface area contributed by atoms with Crippen LogP contribution in [-0.2, 0) is 20.2 Å². The molecule has 2 N–H and O–H groups in total. The average Bonchev–Trinajstić information content (AvgIpc) is 2.51. The highest BCUT2D eigenvalue weighted by Gasteiger charge is 2.38. The van der Waals surface area contributed by atoms with E-state index in [1.807, 2.05) is 0 Å². The summed E-state index contributed by atoms with van der Waals surface area (Å²) in [5.41, 5.74) is -1.66. The second-order valence-corrected chi connectivity index (χ2v) is 9.71. The van der Waals surface area contributed by atoms with E-state index in [1.165, 1.54) is 0 Å². The first kappa shape index (κ1) is 21.3. The molecule has 0 aliphatic heterocycles. The zero-order valence-electron chi connectivity index (χ0n) is 13.1. The van der Waals surface area contributed by atoms with Crippen molar-refractivity contribution in [3.05, 3.63) is 34.4 Å². The predicted molar refractivity (Wildman–Crippen MR) is 93.9 cm³/mol. The largest absolute Gasteiger partial charge is 0.285 e. The van der Waals surface area contributed by atoms with E-state index < -0.39 is 57.9 Å². The van der Waals surface area contributed by atoms with Crippen molar-refractivity contribution in [3.63, 3.8) is 0 Å². The monoisotopic (exact) mass is 444 g/mol. The summed E-state index contributed by atoms with van der Waals surface area (Å²) in [7, 11) is -9.44. The van der Waals surface area contributed by atoms with Gasteiger partial charge in [0.05, 0.1) is 0 Å². The molecule has 12 heteroatoms. The van der Waals surface area contributed by atoms with Crippen molar-refractivity contribution < 1.29 is 35.5 Å². The lowest BCUT2D eigenvalue weighted by Crippen LogP contribution is -2.21. The van der Waals surface area contributed by atoms with Crippen LogP contribution in [0, 0.1) is 0 Å². The molecule has 0 saturated heterocycles. The molecule has 0 radical (unpaired) electrons. The Labute approximate surface area is 160 Å². The van der Waals surface area contributed by atoms with Crippen molar-refractivity contribution in [3.8, 4) is 0 Å². The maximum absolute atomic E-state index is 12.0. The van der Waals surface area contributed by atoms with Crippen molar-refractivity contribution >= 4 is 53.9 Å². The van der Waals surface area contributed by atoms with Gasteiger partial charge in [0.15, 0.2) is 0 Å². The van der Waals surface area contributed by atoms with Gasteiger partial charge in [-0.3, -0.25) is 18.7 Å². The first-order valence-electron chi connectivity index (χ1n) is 7.34. The Morgan fingerprint density at radius 3 is 1.81 bits per heavy atom. The van der Waals surface area contributed by atoms with E-state index in [0.717, 1.165) is 12.1 Å². The summed E-state index contributed by atoms with van der Waals surface area (Å²) >= 11 is 11.0. The number of rotatable bonds is 4. The second-order valence-electron chi connectivity index (χ2n) is 5.83. The number of fused-ring (bicyclic) bond motifs is 2. The van der Waals surface area contributed by atoms with Crippen LogP contribution < -0.4 is 0 Å². The molecule has 144 valence electrons. The molecule has 8 nitrogen and oxygen atoms in total. The van der Waals surface area contributed by atoms with Gasteiger partial charge in [0.1, 0.15) is 10.5 Å². The molecule has 1 aromatic carbocycles. The fourth-order valence-corrected chi connectivity index (χ4v) is 5.56. The van der Waals surface area contributed by atoms with Gasteiger partial charge < -0.3 is 0 Å². The average molecular weight is 445 g/mol. The van der Waals surface area contributed by atoms with Gasteiger partial charge in [-0.15, -0.1) is 0 Å². The minimum absolute atomic E-state index is 0.109. The van der Waals surface area contributed by atoms with Gasteiger partial charge in [0.2, 0.25) is 0 Å². The van der Waals surface area contributed by atoms with Crippen molar-refractivity contribution in [2.24, 2.45) is 0 Å². The van der Waals surface area contributed by atoms with Gasteiger partial charge in [-0.05, 0) is 53.2 Å². The molecule has 2 atom stereocenters. The lowest BCUT2D eigenvalue weighted by atomic mass is 9.92. The van der Waals surface area contributed by atoms with Crippen LogP contribution in [0.5, 0.6) is 0 Å². The molecule has 2 unspecified atom stereocenters. The van der Waals surface area contributed by atoms with Gasteiger partial charge in [-0.25, -0.2) is 0 Å². The van der Waals surface area contributed by atoms with Crippen molar-refractivity contribution in [2.45, 2.75) is 36.2 Å². The van der Waals surface area contributed by atoms with E-state index in [-0.39, 0.29) is 31.2 Å². The van der Waals surface area contributed by atoms with Crippen molar-refractivity contribution in [1.29, 1.82) is 0 Å². The summed E-state index contributed by atoms with van der Waals surface area (Å²) < 4.78 is 66.5. The van der Waals surface area contributed by atoms with Gasteiger partial charge in [-0.1, -0.05) is 18.9 Å². The van der Waals surface area contributed by atoms with E-state index in [0.29, 0.717) is 0 Å². The minimum atomic E-state index is -4.78. The Morgan fingerprint density at radius 2 is 1.38 bits per heavy atom. The molecule has 2 rings (SSSR count). The lowest BCUT2D eigenvalue weighted by molar-refractivity contribution is 0.107. The summed E-state index contributed by atoms with van der Waals surface area (Å²) in [4.78, 5) is 23.8. The lowest BCUT2D eigenvalue weighted by Gasteiger charge is -2.22. The minimum Gasteiger partial charge on any atom is -0.285 e. The third-order valence-electron chi connectivity index (χ3n) is 4.26. The molecule has 0 saturated carbocycles. The second kappa shape index (κ2) is 7.53. The van der Waals surface area contributed by atoms with Crippen molar-refractivity contribution in [2.75, 3.05) is 0 Å².